The first kappa shape index (κ1) is 24.4. The van der Waals surface area contributed by atoms with Crippen LogP contribution in [0.25, 0.3) is 45.0 Å². The Hall–Kier alpha value is -3.30. The predicted octanol–water partition coefficient (Wildman–Crippen LogP) is 7.89. The number of H-pyrrole nitrogens is 2. The second-order valence-corrected chi connectivity index (χ2v) is 9.57. The van der Waals surface area contributed by atoms with E-state index < -0.39 is 0 Å². The predicted molar refractivity (Wildman–Crippen MR) is 147 cm³/mol. The van der Waals surface area contributed by atoms with Crippen LogP contribution in [0.3, 0.4) is 0 Å². The Morgan fingerprint density at radius 1 is 0.611 bits per heavy atom. The van der Waals surface area contributed by atoms with Gasteiger partial charge in [-0.25, -0.2) is 0 Å². The van der Waals surface area contributed by atoms with Gasteiger partial charge in [-0.15, -0.1) is 0 Å². The van der Waals surface area contributed by atoms with Crippen LogP contribution in [0.15, 0.2) is 94.7 Å². The van der Waals surface area contributed by atoms with E-state index in [9.17, 15) is 0 Å². The summed E-state index contributed by atoms with van der Waals surface area (Å²) >= 11 is 2.77. The van der Waals surface area contributed by atoms with Crippen molar-refractivity contribution < 1.29 is 8.37 Å². The Kier molecular flexibility index (Phi) is 7.88. The summed E-state index contributed by atoms with van der Waals surface area (Å²) in [4.78, 5) is 2.10. The summed E-state index contributed by atoms with van der Waals surface area (Å²) in [6.07, 6.45) is 0. The van der Waals surface area contributed by atoms with Crippen LogP contribution in [0, 0.1) is 0 Å². The molecule has 8 heteroatoms. The minimum Gasteiger partial charge on any atom is -0.311 e. The summed E-state index contributed by atoms with van der Waals surface area (Å²) in [7, 11) is 0. The second-order valence-electron chi connectivity index (χ2n) is 7.89. The first-order chi connectivity index (χ1) is 17.8. The van der Waals surface area contributed by atoms with Crippen LogP contribution in [-0.2, 0) is 8.37 Å². The summed E-state index contributed by atoms with van der Waals surface area (Å²) in [5.74, 6) is 0. The van der Waals surface area contributed by atoms with Crippen molar-refractivity contribution in [2.75, 3.05) is 13.2 Å². The molecule has 2 N–H and O–H groups in total. The topological polar surface area (TPSA) is 75.8 Å². The molecule has 0 amide bonds. The smallest absolute Gasteiger partial charge is 0.0927 e. The highest BCUT2D eigenvalue weighted by Crippen LogP contribution is 2.35. The van der Waals surface area contributed by atoms with Crippen LogP contribution in [-0.4, -0.2) is 33.6 Å². The molecular weight excluding hydrogens is 488 g/mol. The molecule has 0 aliphatic rings. The summed E-state index contributed by atoms with van der Waals surface area (Å²) in [6.45, 7) is 5.26. The molecule has 0 radical (unpaired) electrons. The molecule has 182 valence electrons. The number of aromatic nitrogens is 4. The molecule has 3 aromatic carbocycles. The second kappa shape index (κ2) is 11.6. The van der Waals surface area contributed by atoms with Gasteiger partial charge in [0.1, 0.15) is 0 Å². The molecule has 0 atom stereocenters. The molecule has 0 spiro atoms. The van der Waals surface area contributed by atoms with Gasteiger partial charge in [0.15, 0.2) is 0 Å². The van der Waals surface area contributed by atoms with Gasteiger partial charge in [-0.05, 0) is 44.2 Å². The summed E-state index contributed by atoms with van der Waals surface area (Å²) in [5, 5.41) is 15.6. The van der Waals surface area contributed by atoms with Crippen LogP contribution in [0.1, 0.15) is 13.8 Å². The Labute approximate surface area is 219 Å². The van der Waals surface area contributed by atoms with E-state index in [1.54, 1.807) is 0 Å². The molecule has 5 aromatic rings. The van der Waals surface area contributed by atoms with Gasteiger partial charge in [-0.1, -0.05) is 54.6 Å². The highest BCUT2D eigenvalue weighted by molar-refractivity contribution is 7.95. The van der Waals surface area contributed by atoms with Crippen LogP contribution < -0.4 is 0 Å². The van der Waals surface area contributed by atoms with E-state index in [2.05, 4.69) is 75.0 Å². The molecule has 6 nitrogen and oxygen atoms in total. The maximum atomic E-state index is 5.56. The normalized spacial score (nSPS) is 11.2. The average Bonchev–Trinajstić information content (AvgIpc) is 3.62. The minimum atomic E-state index is 0.645. The van der Waals surface area contributed by atoms with Gasteiger partial charge in [0.2, 0.25) is 0 Å². The van der Waals surface area contributed by atoms with Gasteiger partial charge < -0.3 is 8.37 Å². The van der Waals surface area contributed by atoms with E-state index in [1.165, 1.54) is 24.1 Å². The number of hydrogen-bond donors (Lipinski definition) is 2. The van der Waals surface area contributed by atoms with E-state index in [0.717, 1.165) is 54.8 Å². The van der Waals surface area contributed by atoms with E-state index in [-0.39, 0.29) is 0 Å². The quantitative estimate of drug-likeness (QED) is 0.185. The Morgan fingerprint density at radius 3 is 1.56 bits per heavy atom. The number of aromatic amines is 2. The van der Waals surface area contributed by atoms with Crippen LogP contribution in [0.4, 0.5) is 0 Å². The van der Waals surface area contributed by atoms with Gasteiger partial charge in [-0.3, -0.25) is 10.2 Å². The van der Waals surface area contributed by atoms with Gasteiger partial charge in [0.25, 0.3) is 0 Å². The molecule has 0 saturated carbocycles. The van der Waals surface area contributed by atoms with Crippen LogP contribution in [0.2, 0.25) is 0 Å². The Balaban J connectivity index is 1.41. The fraction of sp³-hybridized carbons (Fsp3) is 0.143. The van der Waals surface area contributed by atoms with Crippen molar-refractivity contribution in [3.63, 3.8) is 0 Å². The third-order valence-corrected chi connectivity index (χ3v) is 7.28. The first-order valence-corrected chi connectivity index (χ1v) is 13.2. The summed E-state index contributed by atoms with van der Waals surface area (Å²) in [6, 6.07) is 28.7. The summed E-state index contributed by atoms with van der Waals surface area (Å²) in [5.41, 5.74) is 7.79. The number of benzene rings is 3. The molecule has 0 fully saturated rings. The maximum absolute atomic E-state index is 5.56. The first-order valence-electron chi connectivity index (χ1n) is 11.8. The Bertz CT molecular complexity index is 1340. The van der Waals surface area contributed by atoms with Crippen molar-refractivity contribution in [3.05, 3.63) is 84.9 Å². The van der Waals surface area contributed by atoms with Crippen LogP contribution >= 0.6 is 24.1 Å². The van der Waals surface area contributed by atoms with Crippen molar-refractivity contribution in [1.82, 2.24) is 20.4 Å². The number of rotatable bonds is 10. The fourth-order valence-corrected chi connectivity index (χ4v) is 5.11. The largest absolute Gasteiger partial charge is 0.311 e. The minimum absolute atomic E-state index is 0.645. The van der Waals surface area contributed by atoms with E-state index in [4.69, 9.17) is 8.37 Å². The Morgan fingerprint density at radius 2 is 1.08 bits per heavy atom. The maximum Gasteiger partial charge on any atom is 0.0927 e. The molecule has 2 heterocycles. The third-order valence-electron chi connectivity index (χ3n) is 5.50. The monoisotopic (exact) mass is 514 g/mol. The van der Waals surface area contributed by atoms with Gasteiger partial charge in [-0.2, -0.15) is 10.2 Å². The molecule has 0 unspecified atom stereocenters. The zero-order valence-electron chi connectivity index (χ0n) is 20.0. The molecular formula is C28H26N4O2S2. The van der Waals surface area contributed by atoms with Crippen molar-refractivity contribution in [2.24, 2.45) is 0 Å². The van der Waals surface area contributed by atoms with Crippen LogP contribution in [0.5, 0.6) is 0 Å². The lowest BCUT2D eigenvalue weighted by atomic mass is 10.0. The van der Waals surface area contributed by atoms with Crippen molar-refractivity contribution in [2.45, 2.75) is 23.6 Å². The third kappa shape index (κ3) is 5.42. The van der Waals surface area contributed by atoms with Gasteiger partial charge in [0, 0.05) is 56.1 Å². The molecule has 0 bridgehead atoms. The van der Waals surface area contributed by atoms with Crippen molar-refractivity contribution in [3.8, 4) is 45.0 Å². The molecule has 36 heavy (non-hydrogen) atoms. The standard InChI is InChI=1S/C28H26N4O2S2/c1-3-33-35-27-14-7-5-12-21(27)25-17-23(29-31-25)19-10-9-11-20(16-19)24-18-26(32-30-24)22-13-6-8-15-28(22)36-34-4-2/h5-18H,3-4H2,1-2H3,(H,29,31)(H,30,32). The van der Waals surface area contributed by atoms with Gasteiger partial charge in [0.05, 0.1) is 36.0 Å². The lowest BCUT2D eigenvalue weighted by molar-refractivity contribution is 0.401. The number of nitrogens with zero attached hydrogens (tertiary/aromatic N) is 2. The average molecular weight is 515 g/mol. The number of hydrogen-bond acceptors (Lipinski definition) is 6. The highest BCUT2D eigenvalue weighted by atomic mass is 32.2. The van der Waals surface area contributed by atoms with E-state index in [1.807, 2.05) is 44.2 Å². The molecule has 2 aromatic heterocycles. The lowest BCUT2D eigenvalue weighted by Gasteiger charge is -2.06. The lowest BCUT2D eigenvalue weighted by Crippen LogP contribution is -1.84. The molecule has 0 saturated heterocycles. The molecule has 0 aliphatic heterocycles. The molecule has 0 aliphatic carbocycles. The fourth-order valence-electron chi connectivity index (χ4n) is 3.82. The van der Waals surface area contributed by atoms with Gasteiger partial charge >= 0.3 is 0 Å². The number of nitrogens with one attached hydrogen (secondary N) is 2. The summed E-state index contributed by atoms with van der Waals surface area (Å²) < 4.78 is 11.1. The SMILES string of the molecule is CCOSc1ccccc1-c1cc(-c2cccc(-c3cc(-c4ccccc4SOCC)[nH]n3)c2)n[nH]1. The zero-order chi connectivity index (χ0) is 24.7. The van der Waals surface area contributed by atoms with Crippen molar-refractivity contribution in [1.29, 1.82) is 0 Å². The van der Waals surface area contributed by atoms with E-state index >= 15 is 0 Å². The van der Waals surface area contributed by atoms with Crippen molar-refractivity contribution >= 4 is 24.1 Å². The highest BCUT2D eigenvalue weighted by Gasteiger charge is 2.13. The van der Waals surface area contributed by atoms with E-state index in [0.29, 0.717) is 13.2 Å². The molecule has 5 rings (SSSR count). The zero-order valence-corrected chi connectivity index (χ0v) is 21.7.